The third-order valence-electron chi connectivity index (χ3n) is 1.85. The molecule has 0 aliphatic carbocycles. The summed E-state index contributed by atoms with van der Waals surface area (Å²) in [5.74, 6) is -7.98. The molecule has 0 fully saturated rings. The molecule has 0 atom stereocenters. The van der Waals surface area contributed by atoms with E-state index in [4.69, 9.17) is 0 Å². The van der Waals surface area contributed by atoms with E-state index in [1.54, 1.807) is 0 Å². The van der Waals surface area contributed by atoms with Crippen LogP contribution in [0.3, 0.4) is 0 Å². The average molecular weight is 346 g/mol. The predicted molar refractivity (Wildman–Crippen MR) is 65.8 cm³/mol. The van der Waals surface area contributed by atoms with E-state index in [0.717, 1.165) is 13.8 Å². The van der Waals surface area contributed by atoms with Crippen LogP contribution in [-0.2, 0) is 47.7 Å². The van der Waals surface area contributed by atoms with Crippen LogP contribution < -0.4 is 0 Å². The van der Waals surface area contributed by atoms with E-state index in [1.807, 2.05) is 0 Å². The average Bonchev–Trinajstić information content (AvgIpc) is 2.44. The number of rotatable bonds is 5. The fourth-order valence-electron chi connectivity index (χ4n) is 0.829. The number of ketones is 2. The van der Waals surface area contributed by atoms with Gasteiger partial charge in [0.1, 0.15) is 0 Å². The monoisotopic (exact) mass is 346 g/mol. The molecule has 0 aliphatic rings. The normalized spacial score (nSPS) is 9.25. The fraction of sp³-hybridized carbons (Fsp3) is 0.333. The molecule has 0 rings (SSSR count). The van der Waals surface area contributed by atoms with Gasteiger partial charge in [0.05, 0.1) is 12.8 Å². The Balaban J connectivity index is 4.16. The topological polar surface area (TPSA) is 173 Å². The minimum absolute atomic E-state index is 0.768. The summed E-state index contributed by atoms with van der Waals surface area (Å²) in [6.07, 6.45) is -5.09. The Kier molecular flexibility index (Phi) is 8.18. The van der Waals surface area contributed by atoms with Crippen LogP contribution in [0.1, 0.15) is 26.7 Å². The van der Waals surface area contributed by atoms with Crippen LogP contribution in [0.25, 0.3) is 0 Å². The number of carbonyl (C=O) groups excluding carboxylic acids is 8. The first kappa shape index (κ1) is 20.6. The molecule has 0 heterocycles. The largest absolute Gasteiger partial charge is 0.524 e. The number of esters is 4. The predicted octanol–water partition coefficient (Wildman–Crippen LogP) is -0.643. The van der Waals surface area contributed by atoms with Crippen LogP contribution in [0.4, 0.5) is 9.59 Å². The molecule has 0 aromatic carbocycles. The highest BCUT2D eigenvalue weighted by molar-refractivity contribution is 6.34. The molecular weight excluding hydrogens is 336 g/mol. The molecular formula is C12H10O12. The van der Waals surface area contributed by atoms with Gasteiger partial charge < -0.3 is 18.9 Å². The quantitative estimate of drug-likeness (QED) is 0.350. The molecule has 12 heteroatoms. The van der Waals surface area contributed by atoms with E-state index in [9.17, 15) is 38.4 Å². The van der Waals surface area contributed by atoms with Gasteiger partial charge in [-0.05, 0) is 0 Å². The van der Waals surface area contributed by atoms with E-state index in [1.165, 1.54) is 0 Å². The highest BCUT2D eigenvalue weighted by atomic mass is 16.8. The molecule has 12 nitrogen and oxygen atoms in total. The minimum atomic E-state index is -1.78. The zero-order valence-electron chi connectivity index (χ0n) is 12.3. The van der Waals surface area contributed by atoms with Gasteiger partial charge in [-0.25, -0.2) is 19.2 Å². The van der Waals surface area contributed by atoms with Crippen molar-refractivity contribution < 1.29 is 57.3 Å². The summed E-state index contributed by atoms with van der Waals surface area (Å²) in [6, 6.07) is 0. The summed E-state index contributed by atoms with van der Waals surface area (Å²) in [5.41, 5.74) is 0. The first-order valence-electron chi connectivity index (χ1n) is 5.97. The number of hydrogen-bond donors (Lipinski definition) is 0. The Bertz CT molecular complexity index is 560. The molecule has 0 bridgehead atoms. The molecule has 0 amide bonds. The van der Waals surface area contributed by atoms with Crippen molar-refractivity contribution in [3.05, 3.63) is 0 Å². The van der Waals surface area contributed by atoms with Crippen molar-refractivity contribution in [2.45, 2.75) is 26.7 Å². The molecule has 24 heavy (non-hydrogen) atoms. The molecule has 0 spiro atoms. The molecule has 130 valence electrons. The van der Waals surface area contributed by atoms with Crippen molar-refractivity contribution >= 4 is 47.8 Å². The molecule has 0 aliphatic heterocycles. The molecule has 0 saturated carbocycles. The summed E-state index contributed by atoms with van der Waals surface area (Å²) in [7, 11) is 0. The van der Waals surface area contributed by atoms with Gasteiger partial charge in [-0.15, -0.1) is 0 Å². The van der Waals surface area contributed by atoms with Crippen LogP contribution in [0.2, 0.25) is 0 Å². The van der Waals surface area contributed by atoms with E-state index in [2.05, 4.69) is 18.9 Å². The second kappa shape index (κ2) is 9.55. The number of ether oxygens (including phenoxy) is 4. The Morgan fingerprint density at radius 3 is 1.08 bits per heavy atom. The van der Waals surface area contributed by atoms with Gasteiger partial charge in [-0.1, -0.05) is 0 Å². The summed E-state index contributed by atoms with van der Waals surface area (Å²) < 4.78 is 15.4. The smallest absolute Gasteiger partial charge is 0.360 e. The van der Waals surface area contributed by atoms with Crippen molar-refractivity contribution in [2.24, 2.45) is 0 Å². The third-order valence-corrected chi connectivity index (χ3v) is 1.85. The van der Waals surface area contributed by atoms with Gasteiger partial charge in [0.15, 0.2) is 0 Å². The zero-order chi connectivity index (χ0) is 18.9. The van der Waals surface area contributed by atoms with Crippen molar-refractivity contribution in [3.63, 3.8) is 0 Å². The maximum absolute atomic E-state index is 11.1. The Morgan fingerprint density at radius 2 is 0.833 bits per heavy atom. The Morgan fingerprint density at radius 1 is 0.542 bits per heavy atom. The molecule has 0 radical (unpaired) electrons. The maximum atomic E-state index is 11.1. The van der Waals surface area contributed by atoms with Crippen molar-refractivity contribution in [2.75, 3.05) is 0 Å². The highest BCUT2D eigenvalue weighted by Crippen LogP contribution is 2.00. The highest BCUT2D eigenvalue weighted by Gasteiger charge is 2.22. The van der Waals surface area contributed by atoms with E-state index in [-0.39, 0.29) is 0 Å². The van der Waals surface area contributed by atoms with E-state index in [0.29, 0.717) is 0 Å². The lowest BCUT2D eigenvalue weighted by Crippen LogP contribution is -2.23. The second-order valence-corrected chi connectivity index (χ2v) is 3.84. The molecule has 0 aromatic heterocycles. The first-order chi connectivity index (χ1) is 11.0. The lowest BCUT2D eigenvalue weighted by Gasteiger charge is -2.03. The summed E-state index contributed by atoms with van der Waals surface area (Å²) in [6.45, 7) is 1.62. The SMILES string of the molecule is CC(=O)C(=O)OC(=O)OC(=O)CCC(=O)OC(=O)OC(=O)C(C)=O. The Hall–Kier alpha value is -3.44. The molecule has 0 aromatic rings. The number of hydrogen-bond acceptors (Lipinski definition) is 12. The molecule has 0 N–H and O–H groups in total. The van der Waals surface area contributed by atoms with Crippen molar-refractivity contribution in [3.8, 4) is 0 Å². The lowest BCUT2D eigenvalue weighted by atomic mass is 10.3. The van der Waals surface area contributed by atoms with E-state index >= 15 is 0 Å². The van der Waals surface area contributed by atoms with Crippen LogP contribution in [-0.4, -0.2) is 47.8 Å². The summed E-state index contributed by atoms with van der Waals surface area (Å²) in [4.78, 5) is 86.4. The maximum Gasteiger partial charge on any atom is 0.524 e. The van der Waals surface area contributed by atoms with Crippen molar-refractivity contribution in [1.29, 1.82) is 0 Å². The fourth-order valence-corrected chi connectivity index (χ4v) is 0.829. The third kappa shape index (κ3) is 8.76. The van der Waals surface area contributed by atoms with Gasteiger partial charge in [0, 0.05) is 13.8 Å². The number of Topliss-reactive ketones (excluding diaryl/α,β-unsaturated/α-hetero) is 2. The lowest BCUT2D eigenvalue weighted by molar-refractivity contribution is -0.155. The first-order valence-corrected chi connectivity index (χ1v) is 5.97. The van der Waals surface area contributed by atoms with Crippen LogP contribution in [0, 0.1) is 0 Å². The van der Waals surface area contributed by atoms with Crippen LogP contribution in [0.15, 0.2) is 0 Å². The van der Waals surface area contributed by atoms with Gasteiger partial charge in [-0.2, -0.15) is 0 Å². The standard InChI is InChI=1S/C12H10O12/c1-5(13)9(17)23-11(19)21-7(15)3-4-8(16)22-12(20)24-10(18)6(2)14/h3-4H2,1-2H3. The van der Waals surface area contributed by atoms with Crippen LogP contribution in [0.5, 0.6) is 0 Å². The van der Waals surface area contributed by atoms with Gasteiger partial charge >= 0.3 is 36.2 Å². The van der Waals surface area contributed by atoms with Crippen LogP contribution >= 0.6 is 0 Å². The Labute approximate surface area is 132 Å². The number of carbonyl (C=O) groups is 8. The van der Waals surface area contributed by atoms with Gasteiger partial charge in [-0.3, -0.25) is 19.2 Å². The summed E-state index contributed by atoms with van der Waals surface area (Å²) >= 11 is 0. The molecule has 0 unspecified atom stereocenters. The van der Waals surface area contributed by atoms with Crippen molar-refractivity contribution in [1.82, 2.24) is 0 Å². The summed E-state index contributed by atoms with van der Waals surface area (Å²) in [5, 5.41) is 0. The van der Waals surface area contributed by atoms with E-state index < -0.39 is 60.6 Å². The van der Waals surface area contributed by atoms with Gasteiger partial charge in [0.2, 0.25) is 11.6 Å². The van der Waals surface area contributed by atoms with Gasteiger partial charge in [0.25, 0.3) is 0 Å². The second-order valence-electron chi connectivity index (χ2n) is 3.84. The molecule has 0 saturated heterocycles. The minimum Gasteiger partial charge on any atom is -0.360 e. The zero-order valence-corrected chi connectivity index (χ0v) is 12.3.